The standard InChI is InChI=1S/La.9NO3.Nd.Y/c;9*2-1(3)4;;/q+3;9*-1;2*+3. The van der Waals surface area contributed by atoms with Gasteiger partial charge in [0.1, 0.15) is 0 Å². The van der Waals surface area contributed by atoms with Gasteiger partial charge >= 0.3 is 109 Å². The van der Waals surface area contributed by atoms with E-state index in [1.807, 2.05) is 0 Å². The quantitative estimate of drug-likeness (QED) is 0.184. The zero-order valence-corrected chi connectivity index (χ0v) is 26.4. The summed E-state index contributed by atoms with van der Waals surface area (Å²) >= 11 is 0. The van der Waals surface area contributed by atoms with Gasteiger partial charge in [-0.05, 0) is 0 Å². The topological polar surface area (TPSA) is 596 Å². The Morgan fingerprint density at radius 2 is 0.231 bits per heavy atom. The van der Waals surface area contributed by atoms with E-state index in [1.54, 1.807) is 0 Å². The summed E-state index contributed by atoms with van der Waals surface area (Å²) in [5.74, 6) is 0. The molecule has 217 valence electrons. The van der Waals surface area contributed by atoms with Crippen LogP contribution < -0.4 is 0 Å². The van der Waals surface area contributed by atoms with E-state index in [9.17, 15) is 0 Å². The molecule has 1 radical (unpaired) electrons. The van der Waals surface area contributed by atoms with Crippen LogP contribution in [0.5, 0.6) is 0 Å². The molecule has 0 aromatic carbocycles. The molecule has 39 heteroatoms. The third-order valence-electron chi connectivity index (χ3n) is 0. The Kier molecular flexibility index (Phi) is 138. The van der Waals surface area contributed by atoms with Crippen molar-refractivity contribution >= 4 is 0 Å². The van der Waals surface area contributed by atoms with Crippen molar-refractivity contribution in [1.29, 1.82) is 0 Å². The smallest absolute Gasteiger partial charge is 0.356 e. The molecular formula is LaN9NdO27Y. The van der Waals surface area contributed by atoms with Crippen LogP contribution in [0.15, 0.2) is 0 Å². The van der Waals surface area contributed by atoms with Crippen LogP contribution in [0.4, 0.5) is 0 Å². The van der Waals surface area contributed by atoms with E-state index in [1.165, 1.54) is 0 Å². The molecule has 39 heavy (non-hydrogen) atoms. The van der Waals surface area contributed by atoms with Crippen LogP contribution in [0.3, 0.4) is 0 Å². The molecule has 0 aromatic rings. The second-order valence-electron chi connectivity index (χ2n) is 2.01. The van der Waals surface area contributed by atoms with Crippen molar-refractivity contribution in [2.24, 2.45) is 0 Å². The van der Waals surface area contributed by atoms with E-state index in [-0.39, 0.29) is 109 Å². The predicted octanol–water partition coefficient (Wildman–Crippen LogP) is -2.15. The summed E-state index contributed by atoms with van der Waals surface area (Å²) in [5.41, 5.74) is 0. The summed E-state index contributed by atoms with van der Waals surface area (Å²) in [6, 6.07) is 0. The van der Waals surface area contributed by atoms with Gasteiger partial charge in [-0.25, -0.2) is 0 Å². The van der Waals surface area contributed by atoms with Gasteiger partial charge in [0.15, 0.2) is 0 Å². The molecule has 0 saturated heterocycles. The monoisotopic (exact) mass is 928 g/mol. The SMILES string of the molecule is O=[N+]([O-])[O-].O=[N+]([O-])[O-].O=[N+]([O-])[O-].O=[N+]([O-])[O-].O=[N+]([O-])[O-].O=[N+]([O-])[O-].O=[N+]([O-])[O-].O=[N+]([O-])[O-].O=[N+]([O-])[O-].[La+3].[Nd+3].[Y+3]. The molecule has 0 bridgehead atoms. The van der Waals surface area contributed by atoms with Crippen molar-refractivity contribution in [3.63, 3.8) is 0 Å². The second-order valence-corrected chi connectivity index (χ2v) is 2.01. The third-order valence-corrected chi connectivity index (χ3v) is 0. The average molecular weight is 930 g/mol. The summed E-state index contributed by atoms with van der Waals surface area (Å²) in [6.07, 6.45) is 0. The first-order valence-corrected chi connectivity index (χ1v) is 4.93. The van der Waals surface area contributed by atoms with Crippen molar-refractivity contribution in [3.8, 4) is 0 Å². The number of rotatable bonds is 0. The maximum atomic E-state index is 8.25. The molecule has 0 aliphatic heterocycles. The fourth-order valence-corrected chi connectivity index (χ4v) is 0. The Balaban J connectivity index is -0.0000000208. The van der Waals surface area contributed by atoms with Crippen molar-refractivity contribution in [2.75, 3.05) is 0 Å². The van der Waals surface area contributed by atoms with Crippen LogP contribution in [0, 0.1) is 214 Å². The molecular weight excluding hydrogens is 930 g/mol. The average Bonchev–Trinajstić information content (AvgIpc) is 2.39. The van der Waals surface area contributed by atoms with Crippen LogP contribution in [-0.4, -0.2) is 45.8 Å². The van der Waals surface area contributed by atoms with E-state index >= 15 is 0 Å². The molecule has 0 aromatic heterocycles. The minimum Gasteiger partial charge on any atom is -0.356 e. The number of hydrogen-bond donors (Lipinski definition) is 0. The molecule has 0 aliphatic rings. The van der Waals surface area contributed by atoms with Crippen LogP contribution in [0.2, 0.25) is 0 Å². The van der Waals surface area contributed by atoms with Crippen LogP contribution >= 0.6 is 0 Å². The Labute approximate surface area is 290 Å². The first kappa shape index (κ1) is 76.5. The van der Waals surface area contributed by atoms with Crippen LogP contribution in [0.25, 0.3) is 0 Å². The van der Waals surface area contributed by atoms with Gasteiger partial charge in [0, 0.05) is 0 Å². The molecule has 0 rings (SSSR count). The fraction of sp³-hybridized carbons (Fsp3) is 0. The summed E-state index contributed by atoms with van der Waals surface area (Å²) < 4.78 is 0. The van der Waals surface area contributed by atoms with Crippen LogP contribution in [0.1, 0.15) is 0 Å². The Bertz CT molecular complexity index is 428. The molecule has 0 fully saturated rings. The predicted molar refractivity (Wildman–Crippen MR) is 93.3 cm³/mol. The van der Waals surface area contributed by atoms with Gasteiger partial charge < -0.3 is 138 Å². The molecule has 0 saturated carbocycles. The van der Waals surface area contributed by atoms with Crippen molar-refractivity contribution in [2.45, 2.75) is 0 Å². The summed E-state index contributed by atoms with van der Waals surface area (Å²) in [6.45, 7) is 0. The van der Waals surface area contributed by atoms with Crippen molar-refractivity contribution < 1.29 is 155 Å². The van der Waals surface area contributed by atoms with E-state index < -0.39 is 45.8 Å². The van der Waals surface area contributed by atoms with E-state index in [4.69, 9.17) is 138 Å². The molecule has 0 aliphatic carbocycles. The van der Waals surface area contributed by atoms with Crippen molar-refractivity contribution in [3.05, 3.63) is 138 Å². The molecule has 36 nitrogen and oxygen atoms in total. The van der Waals surface area contributed by atoms with E-state index in [2.05, 4.69) is 0 Å². The van der Waals surface area contributed by atoms with Gasteiger partial charge in [-0.2, -0.15) is 0 Å². The largest absolute Gasteiger partial charge is 3.00 e. The minimum atomic E-state index is -1.75. The first-order valence-electron chi connectivity index (χ1n) is 4.93. The maximum Gasteiger partial charge on any atom is 3.00 e. The Morgan fingerprint density at radius 1 is 0.231 bits per heavy atom. The second kappa shape index (κ2) is 70.1. The van der Waals surface area contributed by atoms with Gasteiger partial charge in [-0.15, -0.1) is 0 Å². The minimum absolute atomic E-state index is 0. The number of nitrogens with zero attached hydrogens (tertiary/aromatic N) is 9. The molecule has 0 atom stereocenters. The van der Waals surface area contributed by atoms with Gasteiger partial charge in [-0.1, -0.05) is 0 Å². The van der Waals surface area contributed by atoms with Gasteiger partial charge in [0.2, 0.25) is 0 Å². The third kappa shape index (κ3) is 2880. The molecule has 0 unspecified atom stereocenters. The Hall–Kier alpha value is -3.55. The zero-order chi connectivity index (χ0) is 32.2. The van der Waals surface area contributed by atoms with Gasteiger partial charge in [0.05, 0.1) is 45.8 Å². The fourth-order valence-electron chi connectivity index (χ4n) is 0. The van der Waals surface area contributed by atoms with E-state index in [0.29, 0.717) is 0 Å². The van der Waals surface area contributed by atoms with Gasteiger partial charge in [0.25, 0.3) is 0 Å². The van der Waals surface area contributed by atoms with Crippen molar-refractivity contribution in [1.82, 2.24) is 0 Å². The first-order chi connectivity index (χ1) is 15.6. The maximum absolute atomic E-state index is 8.25. The van der Waals surface area contributed by atoms with E-state index in [0.717, 1.165) is 0 Å². The zero-order valence-electron chi connectivity index (χ0n) is 16.7. The normalized spacial score (nSPS) is 5.54. The molecule has 0 N–H and O–H groups in total. The van der Waals surface area contributed by atoms with Crippen LogP contribution in [-0.2, 0) is 32.7 Å². The Morgan fingerprint density at radius 3 is 0.231 bits per heavy atom. The molecule has 0 heterocycles. The summed E-state index contributed by atoms with van der Waals surface area (Å²) in [4.78, 5) is 74.2. The van der Waals surface area contributed by atoms with Gasteiger partial charge in [-0.3, -0.25) is 0 Å². The summed E-state index contributed by atoms with van der Waals surface area (Å²) in [7, 11) is 0. The summed E-state index contributed by atoms with van der Waals surface area (Å²) in [5, 5.41) is 133. The molecule has 0 spiro atoms. The molecule has 0 amide bonds. The number of hydrogen-bond acceptors (Lipinski definition) is 27.